The third kappa shape index (κ3) is 2.94. The Bertz CT molecular complexity index is 201. The monoisotopic (exact) mass is 230 g/mol. The fourth-order valence-corrected chi connectivity index (χ4v) is 2.86. The largest absolute Gasteiger partial charge is 0.395 e. The van der Waals surface area contributed by atoms with E-state index in [1.54, 1.807) is 7.11 Å². The van der Waals surface area contributed by atoms with Gasteiger partial charge in [0, 0.05) is 25.2 Å². The summed E-state index contributed by atoms with van der Waals surface area (Å²) in [5.41, 5.74) is 6.07. The fourth-order valence-electron chi connectivity index (χ4n) is 2.86. The first-order chi connectivity index (χ1) is 7.65. The molecule has 4 atom stereocenters. The van der Waals surface area contributed by atoms with E-state index in [1.165, 1.54) is 12.8 Å². The molecule has 1 fully saturated rings. The van der Waals surface area contributed by atoms with E-state index < -0.39 is 0 Å². The Morgan fingerprint density at radius 1 is 1.50 bits per heavy atom. The fraction of sp³-hybridized carbons (Fsp3) is 1.00. The maximum absolute atomic E-state index is 9.54. The van der Waals surface area contributed by atoms with Crippen LogP contribution in [0.4, 0.5) is 0 Å². The Hall–Kier alpha value is -0.160. The van der Waals surface area contributed by atoms with Gasteiger partial charge in [-0.15, -0.1) is 0 Å². The number of nitrogens with two attached hydrogens (primary N) is 1. The molecule has 0 aromatic carbocycles. The molecular formula is C12H26N2O2. The lowest BCUT2D eigenvalue weighted by Gasteiger charge is -2.38. The third-order valence-electron chi connectivity index (χ3n) is 3.74. The molecule has 16 heavy (non-hydrogen) atoms. The lowest BCUT2D eigenvalue weighted by molar-refractivity contribution is 0.0422. The standard InChI is InChI=1S/C12H26N2O2/c1-4-10-6-5-9(2)14(10)12(7-15)11(13)8-16-3/h9-12,15H,4-8,13H2,1-3H3. The molecule has 0 aliphatic carbocycles. The summed E-state index contributed by atoms with van der Waals surface area (Å²) in [6, 6.07) is 1.01. The molecule has 0 aromatic heterocycles. The Morgan fingerprint density at radius 3 is 2.69 bits per heavy atom. The number of aliphatic hydroxyl groups excluding tert-OH is 1. The van der Waals surface area contributed by atoms with Crippen molar-refractivity contribution in [2.24, 2.45) is 5.73 Å². The van der Waals surface area contributed by atoms with Crippen molar-refractivity contribution in [3.05, 3.63) is 0 Å². The number of methoxy groups -OCH3 is 1. The predicted molar refractivity (Wildman–Crippen MR) is 65.3 cm³/mol. The van der Waals surface area contributed by atoms with E-state index in [2.05, 4.69) is 18.7 Å². The summed E-state index contributed by atoms with van der Waals surface area (Å²) >= 11 is 0. The minimum absolute atomic E-state index is 0.0300. The molecule has 1 saturated heterocycles. The molecule has 3 N–H and O–H groups in total. The smallest absolute Gasteiger partial charge is 0.0629 e. The molecule has 1 aliphatic rings. The lowest BCUT2D eigenvalue weighted by Crippen LogP contribution is -2.55. The van der Waals surface area contributed by atoms with Crippen LogP contribution in [0, 0.1) is 0 Å². The van der Waals surface area contributed by atoms with Gasteiger partial charge in [-0.25, -0.2) is 0 Å². The van der Waals surface area contributed by atoms with Crippen molar-refractivity contribution in [1.29, 1.82) is 0 Å². The van der Waals surface area contributed by atoms with E-state index >= 15 is 0 Å². The van der Waals surface area contributed by atoms with E-state index in [9.17, 15) is 5.11 Å². The summed E-state index contributed by atoms with van der Waals surface area (Å²) in [5, 5.41) is 9.54. The molecule has 4 heteroatoms. The van der Waals surface area contributed by atoms with Gasteiger partial charge in [-0.2, -0.15) is 0 Å². The van der Waals surface area contributed by atoms with Gasteiger partial charge in [-0.3, -0.25) is 4.90 Å². The first-order valence-electron chi connectivity index (χ1n) is 6.28. The van der Waals surface area contributed by atoms with Gasteiger partial charge in [0.05, 0.1) is 19.3 Å². The van der Waals surface area contributed by atoms with Gasteiger partial charge in [-0.05, 0) is 26.2 Å². The molecule has 0 bridgehead atoms. The molecule has 0 saturated carbocycles. The van der Waals surface area contributed by atoms with Gasteiger partial charge in [0.25, 0.3) is 0 Å². The number of ether oxygens (including phenoxy) is 1. The van der Waals surface area contributed by atoms with Gasteiger partial charge >= 0.3 is 0 Å². The molecule has 4 nitrogen and oxygen atoms in total. The van der Waals surface area contributed by atoms with Crippen LogP contribution in [0.5, 0.6) is 0 Å². The summed E-state index contributed by atoms with van der Waals surface area (Å²) in [5.74, 6) is 0. The molecule has 1 aliphatic heterocycles. The molecule has 0 aromatic rings. The van der Waals surface area contributed by atoms with Crippen LogP contribution < -0.4 is 5.73 Å². The topological polar surface area (TPSA) is 58.7 Å². The summed E-state index contributed by atoms with van der Waals surface area (Å²) in [7, 11) is 1.65. The van der Waals surface area contributed by atoms with Crippen molar-refractivity contribution < 1.29 is 9.84 Å². The van der Waals surface area contributed by atoms with Crippen molar-refractivity contribution in [2.75, 3.05) is 20.3 Å². The third-order valence-corrected chi connectivity index (χ3v) is 3.74. The number of likely N-dealkylation sites (tertiary alicyclic amines) is 1. The number of nitrogens with zero attached hydrogens (tertiary/aromatic N) is 1. The average Bonchev–Trinajstić information content (AvgIpc) is 2.62. The highest BCUT2D eigenvalue weighted by atomic mass is 16.5. The summed E-state index contributed by atoms with van der Waals surface area (Å²) in [6.07, 6.45) is 3.54. The Kier molecular flexibility index (Phi) is 5.69. The van der Waals surface area contributed by atoms with Crippen LogP contribution in [0.15, 0.2) is 0 Å². The van der Waals surface area contributed by atoms with Crippen molar-refractivity contribution in [1.82, 2.24) is 4.90 Å². The van der Waals surface area contributed by atoms with E-state index in [0.29, 0.717) is 18.7 Å². The molecule has 96 valence electrons. The minimum atomic E-state index is -0.107. The zero-order valence-electron chi connectivity index (χ0n) is 10.7. The lowest BCUT2D eigenvalue weighted by atomic mass is 10.1. The van der Waals surface area contributed by atoms with Gasteiger partial charge in [0.15, 0.2) is 0 Å². The molecule has 1 heterocycles. The molecule has 0 radical (unpaired) electrons. The number of rotatable bonds is 6. The Morgan fingerprint density at radius 2 is 2.19 bits per heavy atom. The maximum atomic E-state index is 9.54. The highest BCUT2D eigenvalue weighted by molar-refractivity contribution is 4.93. The van der Waals surface area contributed by atoms with Crippen molar-refractivity contribution in [2.45, 2.75) is 57.3 Å². The molecule has 0 amide bonds. The van der Waals surface area contributed by atoms with E-state index in [1.807, 2.05) is 0 Å². The summed E-state index contributed by atoms with van der Waals surface area (Å²) in [6.45, 7) is 5.04. The van der Waals surface area contributed by atoms with Crippen molar-refractivity contribution in [3.63, 3.8) is 0 Å². The second-order valence-electron chi connectivity index (χ2n) is 4.80. The maximum Gasteiger partial charge on any atom is 0.0629 e. The van der Waals surface area contributed by atoms with E-state index in [-0.39, 0.29) is 18.7 Å². The summed E-state index contributed by atoms with van der Waals surface area (Å²) in [4.78, 5) is 2.39. The second-order valence-corrected chi connectivity index (χ2v) is 4.80. The highest BCUT2D eigenvalue weighted by Crippen LogP contribution is 2.28. The highest BCUT2D eigenvalue weighted by Gasteiger charge is 2.36. The molecule has 0 spiro atoms. The minimum Gasteiger partial charge on any atom is -0.395 e. The zero-order valence-corrected chi connectivity index (χ0v) is 10.7. The van der Waals surface area contributed by atoms with Crippen LogP contribution in [-0.4, -0.2) is 54.5 Å². The zero-order chi connectivity index (χ0) is 12.1. The van der Waals surface area contributed by atoms with E-state index in [0.717, 1.165) is 6.42 Å². The predicted octanol–water partition coefficient (Wildman–Crippen LogP) is 0.584. The van der Waals surface area contributed by atoms with Crippen molar-refractivity contribution >= 4 is 0 Å². The second kappa shape index (κ2) is 6.55. The quantitative estimate of drug-likeness (QED) is 0.701. The first-order valence-corrected chi connectivity index (χ1v) is 6.28. The number of aliphatic hydroxyl groups is 1. The Balaban J connectivity index is 2.69. The van der Waals surface area contributed by atoms with Crippen LogP contribution in [0.1, 0.15) is 33.1 Å². The van der Waals surface area contributed by atoms with Crippen LogP contribution in [0.2, 0.25) is 0 Å². The molecular weight excluding hydrogens is 204 g/mol. The van der Waals surface area contributed by atoms with Crippen molar-refractivity contribution in [3.8, 4) is 0 Å². The first kappa shape index (κ1) is 13.9. The van der Waals surface area contributed by atoms with Gasteiger partial charge in [0.1, 0.15) is 0 Å². The van der Waals surface area contributed by atoms with Crippen LogP contribution >= 0.6 is 0 Å². The summed E-state index contributed by atoms with van der Waals surface area (Å²) < 4.78 is 5.09. The van der Waals surface area contributed by atoms with Crippen LogP contribution in [0.25, 0.3) is 0 Å². The number of hydrogen-bond acceptors (Lipinski definition) is 4. The van der Waals surface area contributed by atoms with Gasteiger partial charge < -0.3 is 15.6 Å². The van der Waals surface area contributed by atoms with Crippen LogP contribution in [0.3, 0.4) is 0 Å². The van der Waals surface area contributed by atoms with Gasteiger partial charge in [0.2, 0.25) is 0 Å². The number of hydrogen-bond donors (Lipinski definition) is 2. The normalized spacial score (nSPS) is 30.6. The van der Waals surface area contributed by atoms with Gasteiger partial charge in [-0.1, -0.05) is 6.92 Å². The van der Waals surface area contributed by atoms with E-state index in [4.69, 9.17) is 10.5 Å². The Labute approximate surface area is 98.8 Å². The SMILES string of the molecule is CCC1CCC(C)N1C(CO)C(N)COC. The molecule has 4 unspecified atom stereocenters. The van der Waals surface area contributed by atoms with Crippen LogP contribution in [-0.2, 0) is 4.74 Å². The molecule has 1 rings (SSSR count). The average molecular weight is 230 g/mol.